The van der Waals surface area contributed by atoms with E-state index in [9.17, 15) is 4.79 Å². The molecule has 1 amide bonds. The molecule has 2 aromatic heterocycles. The highest BCUT2D eigenvalue weighted by atomic mass is 16.5. The van der Waals surface area contributed by atoms with Gasteiger partial charge in [-0.1, -0.05) is 18.2 Å². The van der Waals surface area contributed by atoms with E-state index in [1.807, 2.05) is 78.1 Å². The molecule has 2 heterocycles. The first-order valence-electron chi connectivity index (χ1n) is 9.12. The molecule has 0 fully saturated rings. The third kappa shape index (κ3) is 3.76. The molecule has 0 saturated heterocycles. The summed E-state index contributed by atoms with van der Waals surface area (Å²) in [6.45, 7) is 0.399. The van der Waals surface area contributed by atoms with Crippen molar-refractivity contribution in [2.24, 2.45) is 14.1 Å². The highest BCUT2D eigenvalue weighted by Gasteiger charge is 2.11. The van der Waals surface area contributed by atoms with Gasteiger partial charge >= 0.3 is 0 Å². The van der Waals surface area contributed by atoms with Crippen molar-refractivity contribution in [1.29, 1.82) is 0 Å². The van der Waals surface area contributed by atoms with Crippen LogP contribution in [-0.2, 0) is 31.9 Å². The lowest BCUT2D eigenvalue weighted by Gasteiger charge is -2.08. The molecule has 0 atom stereocenters. The summed E-state index contributed by atoms with van der Waals surface area (Å²) in [7, 11) is 3.92. The first kappa shape index (κ1) is 17.9. The van der Waals surface area contributed by atoms with Crippen molar-refractivity contribution in [3.05, 3.63) is 78.5 Å². The number of hydrogen-bond donors (Lipinski definition) is 1. The standard InChI is InChI=1S/C22H22N4O2/c1-25-12-11-23-21(25)15-28-18-9-7-17(8-10-18)24-22(27)13-16-14-26(2)20-6-4-3-5-19(16)20/h3-12,14H,13,15H2,1-2H3,(H,24,27). The van der Waals surface area contributed by atoms with Crippen molar-refractivity contribution >= 4 is 22.5 Å². The van der Waals surface area contributed by atoms with Gasteiger partial charge in [0.05, 0.1) is 6.42 Å². The molecule has 4 rings (SSSR count). The van der Waals surface area contributed by atoms with Gasteiger partial charge in [-0.15, -0.1) is 0 Å². The number of aromatic nitrogens is 3. The number of nitrogens with zero attached hydrogens (tertiary/aromatic N) is 3. The Kier molecular flexibility index (Phi) is 4.85. The summed E-state index contributed by atoms with van der Waals surface area (Å²) in [5, 5.41) is 4.06. The fraction of sp³-hybridized carbons (Fsp3) is 0.182. The molecule has 142 valence electrons. The molecule has 2 aromatic carbocycles. The zero-order chi connectivity index (χ0) is 19.5. The number of imidazole rings is 1. The molecule has 0 spiro atoms. The van der Waals surface area contributed by atoms with E-state index in [2.05, 4.69) is 16.4 Å². The van der Waals surface area contributed by atoms with E-state index in [4.69, 9.17) is 4.74 Å². The molecular formula is C22H22N4O2. The second-order valence-corrected chi connectivity index (χ2v) is 6.77. The smallest absolute Gasteiger partial charge is 0.228 e. The minimum absolute atomic E-state index is 0.0435. The molecule has 0 saturated carbocycles. The van der Waals surface area contributed by atoms with Crippen molar-refractivity contribution in [2.45, 2.75) is 13.0 Å². The van der Waals surface area contributed by atoms with E-state index in [-0.39, 0.29) is 5.91 Å². The van der Waals surface area contributed by atoms with Gasteiger partial charge in [-0.2, -0.15) is 0 Å². The largest absolute Gasteiger partial charge is 0.486 e. The Hall–Kier alpha value is -3.54. The predicted octanol–water partition coefficient (Wildman–Crippen LogP) is 3.67. The Morgan fingerprint density at radius 3 is 2.61 bits per heavy atom. The molecule has 4 aromatic rings. The Morgan fingerprint density at radius 1 is 1.07 bits per heavy atom. The summed E-state index contributed by atoms with van der Waals surface area (Å²) in [4.78, 5) is 16.7. The fourth-order valence-corrected chi connectivity index (χ4v) is 3.26. The Labute approximate surface area is 163 Å². The predicted molar refractivity (Wildman–Crippen MR) is 109 cm³/mol. The lowest BCUT2D eigenvalue weighted by atomic mass is 10.1. The Balaban J connectivity index is 1.37. The van der Waals surface area contributed by atoms with Gasteiger partial charge in [0.2, 0.25) is 5.91 Å². The Bertz CT molecular complexity index is 1110. The normalized spacial score (nSPS) is 10.9. The monoisotopic (exact) mass is 374 g/mol. The molecule has 6 heteroatoms. The van der Waals surface area contributed by atoms with Crippen LogP contribution in [0, 0.1) is 0 Å². The topological polar surface area (TPSA) is 61.1 Å². The van der Waals surface area contributed by atoms with Crippen molar-refractivity contribution in [3.63, 3.8) is 0 Å². The molecule has 0 radical (unpaired) electrons. The molecule has 6 nitrogen and oxygen atoms in total. The molecular weight excluding hydrogens is 352 g/mol. The van der Waals surface area contributed by atoms with Crippen LogP contribution in [0.5, 0.6) is 5.75 Å². The van der Waals surface area contributed by atoms with Crippen LogP contribution < -0.4 is 10.1 Å². The number of amides is 1. The molecule has 0 aliphatic carbocycles. The van der Waals surface area contributed by atoms with Crippen LogP contribution in [0.2, 0.25) is 0 Å². The maximum atomic E-state index is 12.5. The van der Waals surface area contributed by atoms with E-state index in [1.54, 1.807) is 6.20 Å². The molecule has 28 heavy (non-hydrogen) atoms. The lowest BCUT2D eigenvalue weighted by Crippen LogP contribution is -2.14. The van der Waals surface area contributed by atoms with Gasteiger partial charge in [0.15, 0.2) is 0 Å². The van der Waals surface area contributed by atoms with Crippen molar-refractivity contribution in [3.8, 4) is 5.75 Å². The van der Waals surface area contributed by atoms with Gasteiger partial charge < -0.3 is 19.2 Å². The minimum Gasteiger partial charge on any atom is -0.486 e. The number of fused-ring (bicyclic) bond motifs is 1. The number of ether oxygens (including phenoxy) is 1. The van der Waals surface area contributed by atoms with Gasteiger partial charge in [0.25, 0.3) is 0 Å². The summed E-state index contributed by atoms with van der Waals surface area (Å²) < 4.78 is 9.70. The third-order valence-electron chi connectivity index (χ3n) is 4.76. The van der Waals surface area contributed by atoms with Crippen molar-refractivity contribution < 1.29 is 9.53 Å². The molecule has 0 bridgehead atoms. The summed E-state index contributed by atoms with van der Waals surface area (Å²) in [6.07, 6.45) is 5.97. The summed E-state index contributed by atoms with van der Waals surface area (Å²) in [6, 6.07) is 15.5. The number of anilines is 1. The summed E-state index contributed by atoms with van der Waals surface area (Å²) in [5.41, 5.74) is 2.89. The maximum absolute atomic E-state index is 12.5. The number of rotatable bonds is 6. The zero-order valence-electron chi connectivity index (χ0n) is 15.9. The van der Waals surface area contributed by atoms with Crippen LogP contribution >= 0.6 is 0 Å². The van der Waals surface area contributed by atoms with Gasteiger partial charge in [-0.25, -0.2) is 4.98 Å². The summed E-state index contributed by atoms with van der Waals surface area (Å²) >= 11 is 0. The zero-order valence-corrected chi connectivity index (χ0v) is 15.9. The van der Waals surface area contributed by atoms with Crippen LogP contribution in [0.4, 0.5) is 5.69 Å². The highest BCUT2D eigenvalue weighted by Crippen LogP contribution is 2.22. The number of hydrogen-bond acceptors (Lipinski definition) is 3. The van der Waals surface area contributed by atoms with Crippen LogP contribution in [0.15, 0.2) is 67.1 Å². The SMILES string of the molecule is Cn1ccnc1COc1ccc(NC(=O)Cc2cn(C)c3ccccc23)cc1. The number of carbonyl (C=O) groups excluding carboxylic acids is 1. The van der Waals surface area contributed by atoms with Gasteiger partial charge in [0.1, 0.15) is 18.2 Å². The minimum atomic E-state index is -0.0435. The quantitative estimate of drug-likeness (QED) is 0.560. The average Bonchev–Trinajstić information content (AvgIpc) is 3.25. The maximum Gasteiger partial charge on any atom is 0.228 e. The van der Waals surface area contributed by atoms with E-state index in [1.165, 1.54) is 0 Å². The number of aryl methyl sites for hydroxylation is 2. The van der Waals surface area contributed by atoms with E-state index < -0.39 is 0 Å². The van der Waals surface area contributed by atoms with E-state index >= 15 is 0 Å². The van der Waals surface area contributed by atoms with Crippen molar-refractivity contribution in [1.82, 2.24) is 14.1 Å². The average molecular weight is 374 g/mol. The van der Waals surface area contributed by atoms with Crippen LogP contribution in [-0.4, -0.2) is 20.0 Å². The second-order valence-electron chi connectivity index (χ2n) is 6.77. The Morgan fingerprint density at radius 2 is 1.86 bits per heavy atom. The van der Waals surface area contributed by atoms with E-state index in [0.29, 0.717) is 13.0 Å². The number of carbonyl (C=O) groups is 1. The first-order valence-corrected chi connectivity index (χ1v) is 9.12. The van der Waals surface area contributed by atoms with Crippen LogP contribution in [0.1, 0.15) is 11.4 Å². The first-order chi connectivity index (χ1) is 13.6. The number of nitrogens with one attached hydrogen (secondary N) is 1. The van der Waals surface area contributed by atoms with E-state index in [0.717, 1.165) is 33.7 Å². The van der Waals surface area contributed by atoms with Crippen LogP contribution in [0.25, 0.3) is 10.9 Å². The number of benzene rings is 2. The van der Waals surface area contributed by atoms with Gasteiger partial charge in [-0.05, 0) is 35.9 Å². The molecule has 0 aliphatic heterocycles. The van der Waals surface area contributed by atoms with Crippen molar-refractivity contribution in [2.75, 3.05) is 5.32 Å². The number of para-hydroxylation sites is 1. The molecule has 1 N–H and O–H groups in total. The summed E-state index contributed by atoms with van der Waals surface area (Å²) in [5.74, 6) is 1.54. The second kappa shape index (κ2) is 7.60. The third-order valence-corrected chi connectivity index (χ3v) is 4.76. The molecule has 0 unspecified atom stereocenters. The highest BCUT2D eigenvalue weighted by molar-refractivity contribution is 5.96. The van der Waals surface area contributed by atoms with Gasteiger partial charge in [0, 0.05) is 49.3 Å². The van der Waals surface area contributed by atoms with Crippen LogP contribution in [0.3, 0.4) is 0 Å². The molecule has 0 aliphatic rings. The fourth-order valence-electron chi connectivity index (χ4n) is 3.26. The lowest BCUT2D eigenvalue weighted by molar-refractivity contribution is -0.115. The van der Waals surface area contributed by atoms with Gasteiger partial charge in [-0.3, -0.25) is 4.79 Å².